The van der Waals surface area contributed by atoms with Crippen molar-refractivity contribution in [2.45, 2.75) is 0 Å². The SMILES string of the molecule is O=C(C=Cc1ccccc1-n1cccn1)Nc1nccs1. The Morgan fingerprint density at radius 3 is 2.90 bits per heavy atom. The highest BCUT2D eigenvalue weighted by atomic mass is 32.1. The van der Waals surface area contributed by atoms with Crippen molar-refractivity contribution in [3.63, 3.8) is 0 Å². The quantitative estimate of drug-likeness (QED) is 0.753. The van der Waals surface area contributed by atoms with Gasteiger partial charge in [-0.3, -0.25) is 10.1 Å². The summed E-state index contributed by atoms with van der Waals surface area (Å²) < 4.78 is 1.76. The van der Waals surface area contributed by atoms with Gasteiger partial charge in [-0.15, -0.1) is 11.3 Å². The molecule has 0 aliphatic carbocycles. The molecule has 0 aliphatic rings. The van der Waals surface area contributed by atoms with Gasteiger partial charge >= 0.3 is 0 Å². The van der Waals surface area contributed by atoms with Crippen molar-refractivity contribution in [3.05, 3.63) is 65.9 Å². The number of carbonyl (C=O) groups excluding carboxylic acids is 1. The molecule has 1 N–H and O–H groups in total. The number of hydrogen-bond donors (Lipinski definition) is 1. The van der Waals surface area contributed by atoms with E-state index in [2.05, 4.69) is 15.4 Å². The van der Waals surface area contributed by atoms with Crippen molar-refractivity contribution < 1.29 is 4.79 Å². The van der Waals surface area contributed by atoms with Gasteiger partial charge in [0.2, 0.25) is 5.91 Å². The van der Waals surface area contributed by atoms with Gasteiger partial charge in [-0.2, -0.15) is 5.10 Å². The Morgan fingerprint density at radius 2 is 2.14 bits per heavy atom. The third-order valence-electron chi connectivity index (χ3n) is 2.76. The maximum atomic E-state index is 11.8. The highest BCUT2D eigenvalue weighted by molar-refractivity contribution is 7.13. The van der Waals surface area contributed by atoms with Gasteiger partial charge in [0.25, 0.3) is 0 Å². The molecule has 5 nitrogen and oxygen atoms in total. The highest BCUT2D eigenvalue weighted by Crippen LogP contribution is 2.15. The molecule has 1 amide bonds. The molecule has 0 fully saturated rings. The molecule has 3 aromatic rings. The molecule has 1 aromatic carbocycles. The largest absolute Gasteiger partial charge is 0.298 e. The molecule has 0 saturated heterocycles. The second kappa shape index (κ2) is 6.15. The van der Waals surface area contributed by atoms with Crippen molar-refractivity contribution in [1.29, 1.82) is 0 Å². The minimum Gasteiger partial charge on any atom is -0.298 e. The summed E-state index contributed by atoms with van der Waals surface area (Å²) in [6.45, 7) is 0. The van der Waals surface area contributed by atoms with Crippen LogP contribution in [0.3, 0.4) is 0 Å². The molecule has 0 atom stereocenters. The second-order valence-corrected chi connectivity index (χ2v) is 5.06. The Morgan fingerprint density at radius 1 is 1.24 bits per heavy atom. The van der Waals surface area contributed by atoms with Crippen LogP contribution in [0.1, 0.15) is 5.56 Å². The third-order valence-corrected chi connectivity index (χ3v) is 3.45. The summed E-state index contributed by atoms with van der Waals surface area (Å²) in [5.74, 6) is -0.208. The van der Waals surface area contributed by atoms with E-state index in [1.165, 1.54) is 17.4 Å². The van der Waals surface area contributed by atoms with Crippen LogP contribution >= 0.6 is 11.3 Å². The molecule has 0 unspecified atom stereocenters. The molecular formula is C15H12N4OS. The predicted molar refractivity (Wildman–Crippen MR) is 83.3 cm³/mol. The third kappa shape index (κ3) is 3.24. The number of benzene rings is 1. The zero-order chi connectivity index (χ0) is 14.5. The number of para-hydroxylation sites is 1. The molecule has 0 radical (unpaired) electrons. The minimum absolute atomic E-state index is 0.208. The van der Waals surface area contributed by atoms with E-state index >= 15 is 0 Å². The highest BCUT2D eigenvalue weighted by Gasteiger charge is 2.03. The molecule has 0 spiro atoms. The maximum Gasteiger partial charge on any atom is 0.250 e. The van der Waals surface area contributed by atoms with E-state index in [4.69, 9.17) is 0 Å². The fourth-order valence-electron chi connectivity index (χ4n) is 1.85. The van der Waals surface area contributed by atoms with Crippen molar-refractivity contribution in [3.8, 4) is 5.69 Å². The molecular weight excluding hydrogens is 284 g/mol. The Kier molecular flexibility index (Phi) is 3.88. The molecule has 0 saturated carbocycles. The number of nitrogens with one attached hydrogen (secondary N) is 1. The minimum atomic E-state index is -0.208. The number of anilines is 1. The fourth-order valence-corrected chi connectivity index (χ4v) is 2.38. The van der Waals surface area contributed by atoms with Crippen molar-refractivity contribution in [2.24, 2.45) is 0 Å². The molecule has 3 rings (SSSR count). The summed E-state index contributed by atoms with van der Waals surface area (Å²) >= 11 is 1.38. The van der Waals surface area contributed by atoms with Crippen molar-refractivity contribution in [2.75, 3.05) is 5.32 Å². The fraction of sp³-hybridized carbons (Fsp3) is 0. The number of amides is 1. The molecule has 0 aliphatic heterocycles. The lowest BCUT2D eigenvalue weighted by molar-refractivity contribution is -0.111. The van der Waals surface area contributed by atoms with Gasteiger partial charge in [-0.05, 0) is 18.2 Å². The summed E-state index contributed by atoms with van der Waals surface area (Å²) in [4.78, 5) is 15.8. The predicted octanol–water partition coefficient (Wildman–Crippen LogP) is 2.98. The number of carbonyl (C=O) groups is 1. The van der Waals surface area contributed by atoms with Crippen molar-refractivity contribution >= 4 is 28.5 Å². The zero-order valence-electron chi connectivity index (χ0n) is 11.0. The van der Waals surface area contributed by atoms with Crippen LogP contribution in [0.5, 0.6) is 0 Å². The Balaban J connectivity index is 1.79. The van der Waals surface area contributed by atoms with E-state index in [0.29, 0.717) is 5.13 Å². The zero-order valence-corrected chi connectivity index (χ0v) is 11.8. The summed E-state index contributed by atoms with van der Waals surface area (Å²) in [7, 11) is 0. The summed E-state index contributed by atoms with van der Waals surface area (Å²) in [6.07, 6.45) is 8.48. The van der Waals surface area contributed by atoms with Gasteiger partial charge in [0, 0.05) is 35.6 Å². The van der Waals surface area contributed by atoms with Crippen molar-refractivity contribution in [1.82, 2.24) is 14.8 Å². The number of nitrogens with zero attached hydrogens (tertiary/aromatic N) is 3. The number of hydrogen-bond acceptors (Lipinski definition) is 4. The molecule has 0 bridgehead atoms. The van der Waals surface area contributed by atoms with Crippen LogP contribution in [-0.2, 0) is 4.79 Å². The lowest BCUT2D eigenvalue weighted by atomic mass is 10.1. The van der Waals surface area contributed by atoms with E-state index in [0.717, 1.165) is 11.3 Å². The average Bonchev–Trinajstić information content (AvgIpc) is 3.18. The van der Waals surface area contributed by atoms with Gasteiger partial charge < -0.3 is 0 Å². The Labute approximate surface area is 125 Å². The van der Waals surface area contributed by atoms with E-state index in [9.17, 15) is 4.79 Å². The van der Waals surface area contributed by atoms with E-state index in [1.54, 1.807) is 23.2 Å². The molecule has 6 heteroatoms. The van der Waals surface area contributed by atoms with Crippen LogP contribution in [0, 0.1) is 0 Å². The van der Waals surface area contributed by atoms with Gasteiger partial charge in [-0.1, -0.05) is 18.2 Å². The first kappa shape index (κ1) is 13.3. The second-order valence-electron chi connectivity index (χ2n) is 4.17. The van der Waals surface area contributed by atoms with Gasteiger partial charge in [0.15, 0.2) is 5.13 Å². The normalized spacial score (nSPS) is 10.9. The van der Waals surface area contributed by atoms with Crippen LogP contribution in [-0.4, -0.2) is 20.7 Å². The molecule has 21 heavy (non-hydrogen) atoms. The standard InChI is InChI=1S/C15H12N4OS/c20-14(18-15-16-9-11-21-15)7-6-12-4-1-2-5-13(12)19-10-3-8-17-19/h1-11H,(H,16,18,20). The Bertz CT molecular complexity index is 748. The summed E-state index contributed by atoms with van der Waals surface area (Å²) in [6, 6.07) is 9.60. The van der Waals surface area contributed by atoms with Crippen LogP contribution in [0.2, 0.25) is 0 Å². The first-order valence-electron chi connectivity index (χ1n) is 6.30. The van der Waals surface area contributed by atoms with Gasteiger partial charge in [0.05, 0.1) is 5.69 Å². The molecule has 2 aromatic heterocycles. The van der Waals surface area contributed by atoms with Crippen LogP contribution < -0.4 is 5.32 Å². The summed E-state index contributed by atoms with van der Waals surface area (Å²) in [5.41, 5.74) is 1.83. The van der Waals surface area contributed by atoms with E-state index < -0.39 is 0 Å². The maximum absolute atomic E-state index is 11.8. The first-order valence-corrected chi connectivity index (χ1v) is 7.18. The summed E-state index contributed by atoms with van der Waals surface area (Å²) in [5, 5.41) is 9.31. The monoisotopic (exact) mass is 296 g/mol. The van der Waals surface area contributed by atoms with Gasteiger partial charge in [-0.25, -0.2) is 9.67 Å². The lowest BCUT2D eigenvalue weighted by Gasteiger charge is -2.05. The van der Waals surface area contributed by atoms with E-state index in [1.807, 2.05) is 41.9 Å². The lowest BCUT2D eigenvalue weighted by Crippen LogP contribution is -2.07. The number of aromatic nitrogens is 3. The average molecular weight is 296 g/mol. The van der Waals surface area contributed by atoms with Crippen LogP contribution in [0.15, 0.2) is 60.4 Å². The number of thiazole rings is 1. The topological polar surface area (TPSA) is 59.8 Å². The number of rotatable bonds is 4. The first-order chi connectivity index (χ1) is 10.3. The van der Waals surface area contributed by atoms with Crippen LogP contribution in [0.25, 0.3) is 11.8 Å². The molecule has 2 heterocycles. The molecule has 104 valence electrons. The van der Waals surface area contributed by atoms with Crippen LogP contribution in [0.4, 0.5) is 5.13 Å². The van der Waals surface area contributed by atoms with Gasteiger partial charge in [0.1, 0.15) is 0 Å². The smallest absolute Gasteiger partial charge is 0.250 e. The van der Waals surface area contributed by atoms with E-state index in [-0.39, 0.29) is 5.91 Å². The Hall–Kier alpha value is -2.73.